The average Bonchev–Trinajstić information content (AvgIpc) is 2.45. The van der Waals surface area contributed by atoms with E-state index < -0.39 is 5.82 Å². The molecule has 2 rings (SSSR count). The molecule has 1 N–H and O–H groups in total. The van der Waals surface area contributed by atoms with Crippen LogP contribution in [0.3, 0.4) is 0 Å². The highest BCUT2D eigenvalue weighted by atomic mass is 35.5. The number of benzene rings is 1. The molecule has 1 atom stereocenters. The van der Waals surface area contributed by atoms with Gasteiger partial charge in [-0.25, -0.2) is 4.39 Å². The Morgan fingerprint density at radius 2 is 2.35 bits per heavy atom. The first kappa shape index (κ1) is 15.3. The van der Waals surface area contributed by atoms with Gasteiger partial charge in [-0.3, -0.25) is 4.79 Å². The van der Waals surface area contributed by atoms with Crippen LogP contribution in [-0.2, 0) is 0 Å². The maximum absolute atomic E-state index is 13.9. The number of nitrogens with zero attached hydrogens (tertiary/aromatic N) is 1. The normalized spacial score (nSPS) is 18.9. The van der Waals surface area contributed by atoms with E-state index in [9.17, 15) is 9.18 Å². The topological polar surface area (TPSA) is 32.3 Å². The summed E-state index contributed by atoms with van der Waals surface area (Å²) < 4.78 is 13.9. The Morgan fingerprint density at radius 3 is 2.95 bits per heavy atom. The molecule has 0 spiro atoms. The summed E-state index contributed by atoms with van der Waals surface area (Å²) in [6.07, 6.45) is 2.87. The van der Waals surface area contributed by atoms with Crippen LogP contribution in [0.15, 0.2) is 18.2 Å². The molecule has 3 nitrogen and oxygen atoms in total. The Bertz CT molecular complexity index is 475. The third kappa shape index (κ3) is 3.49. The zero-order valence-corrected chi connectivity index (χ0v) is 12.4. The second-order valence-corrected chi connectivity index (χ2v) is 5.56. The van der Waals surface area contributed by atoms with Crippen molar-refractivity contribution in [1.29, 1.82) is 0 Å². The zero-order chi connectivity index (χ0) is 14.5. The molecule has 0 aliphatic carbocycles. The van der Waals surface area contributed by atoms with Gasteiger partial charge >= 0.3 is 0 Å². The fourth-order valence-corrected chi connectivity index (χ4v) is 2.77. The van der Waals surface area contributed by atoms with Crippen molar-refractivity contribution in [3.63, 3.8) is 0 Å². The van der Waals surface area contributed by atoms with Crippen molar-refractivity contribution in [3.05, 3.63) is 34.6 Å². The molecule has 1 aliphatic heterocycles. The van der Waals surface area contributed by atoms with Gasteiger partial charge < -0.3 is 10.2 Å². The van der Waals surface area contributed by atoms with E-state index in [0.717, 1.165) is 32.4 Å². The van der Waals surface area contributed by atoms with Crippen LogP contribution in [0, 0.1) is 5.82 Å². The zero-order valence-electron chi connectivity index (χ0n) is 11.7. The van der Waals surface area contributed by atoms with E-state index in [1.807, 2.05) is 6.92 Å². The SMILES string of the molecule is CCCN(C(=O)c1ccc(Cl)cc1F)C1CCCNC1. The molecule has 1 heterocycles. The first-order chi connectivity index (χ1) is 9.63. The minimum atomic E-state index is -0.549. The van der Waals surface area contributed by atoms with Gasteiger partial charge in [0.1, 0.15) is 5.82 Å². The third-order valence-electron chi connectivity index (χ3n) is 3.60. The summed E-state index contributed by atoms with van der Waals surface area (Å²) in [5.74, 6) is -0.790. The molecule has 5 heteroatoms. The minimum absolute atomic E-state index is 0.105. The van der Waals surface area contributed by atoms with E-state index in [1.165, 1.54) is 12.1 Å². The second kappa shape index (κ2) is 7.04. The number of halogens is 2. The quantitative estimate of drug-likeness (QED) is 0.926. The van der Waals surface area contributed by atoms with Crippen molar-refractivity contribution in [1.82, 2.24) is 10.2 Å². The summed E-state index contributed by atoms with van der Waals surface area (Å²) in [4.78, 5) is 14.4. The van der Waals surface area contributed by atoms with E-state index in [1.54, 1.807) is 11.0 Å². The lowest BCUT2D eigenvalue weighted by atomic mass is 10.0. The largest absolute Gasteiger partial charge is 0.334 e. The molecule has 0 bridgehead atoms. The standard InChI is InChI=1S/C15H20ClFN2O/c1-2-8-19(12-4-3-7-18-10-12)15(20)13-6-5-11(16)9-14(13)17/h5-6,9,12,18H,2-4,7-8,10H2,1H3. The number of carbonyl (C=O) groups is 1. The van der Waals surface area contributed by atoms with Crippen LogP contribution in [-0.4, -0.2) is 36.5 Å². The van der Waals surface area contributed by atoms with E-state index in [-0.39, 0.29) is 17.5 Å². The highest BCUT2D eigenvalue weighted by Gasteiger charge is 2.27. The Balaban J connectivity index is 2.21. The fraction of sp³-hybridized carbons (Fsp3) is 0.533. The molecule has 0 aromatic heterocycles. The number of piperidine rings is 1. The first-order valence-corrected chi connectivity index (χ1v) is 7.48. The van der Waals surface area contributed by atoms with Crippen LogP contribution < -0.4 is 5.32 Å². The lowest BCUT2D eigenvalue weighted by molar-refractivity contribution is 0.0644. The van der Waals surface area contributed by atoms with Gasteiger partial charge in [0.2, 0.25) is 0 Å². The van der Waals surface area contributed by atoms with Gasteiger partial charge in [-0.2, -0.15) is 0 Å². The Morgan fingerprint density at radius 1 is 1.55 bits per heavy atom. The lowest BCUT2D eigenvalue weighted by Crippen LogP contribution is -2.49. The Labute approximate surface area is 124 Å². The van der Waals surface area contributed by atoms with Crippen LogP contribution in [0.4, 0.5) is 4.39 Å². The summed E-state index contributed by atoms with van der Waals surface area (Å²) in [7, 11) is 0. The third-order valence-corrected chi connectivity index (χ3v) is 3.83. The molecule has 1 fully saturated rings. The highest BCUT2D eigenvalue weighted by molar-refractivity contribution is 6.30. The maximum Gasteiger partial charge on any atom is 0.257 e. The van der Waals surface area contributed by atoms with Crippen LogP contribution in [0.25, 0.3) is 0 Å². The molecule has 1 aliphatic rings. The number of hydrogen-bond donors (Lipinski definition) is 1. The van der Waals surface area contributed by atoms with Crippen molar-refractivity contribution in [2.45, 2.75) is 32.2 Å². The predicted octanol–water partition coefficient (Wildman–Crippen LogP) is 3.08. The van der Waals surface area contributed by atoms with E-state index in [4.69, 9.17) is 11.6 Å². The van der Waals surface area contributed by atoms with Gasteiger partial charge in [-0.05, 0) is 44.0 Å². The maximum atomic E-state index is 13.9. The smallest absolute Gasteiger partial charge is 0.257 e. The molecule has 0 saturated carbocycles. The van der Waals surface area contributed by atoms with E-state index >= 15 is 0 Å². The van der Waals surface area contributed by atoms with Gasteiger partial charge in [0.25, 0.3) is 5.91 Å². The monoisotopic (exact) mass is 298 g/mol. The summed E-state index contributed by atoms with van der Waals surface area (Å²) in [6, 6.07) is 4.37. The van der Waals surface area contributed by atoms with Crippen molar-refractivity contribution in [3.8, 4) is 0 Å². The van der Waals surface area contributed by atoms with Gasteiger partial charge in [-0.15, -0.1) is 0 Å². The highest BCUT2D eigenvalue weighted by Crippen LogP contribution is 2.19. The number of carbonyl (C=O) groups excluding carboxylic acids is 1. The number of rotatable bonds is 4. The van der Waals surface area contributed by atoms with Crippen molar-refractivity contribution in [2.24, 2.45) is 0 Å². The average molecular weight is 299 g/mol. The lowest BCUT2D eigenvalue weighted by Gasteiger charge is -2.34. The second-order valence-electron chi connectivity index (χ2n) is 5.12. The molecule has 110 valence electrons. The van der Waals surface area contributed by atoms with Crippen LogP contribution in [0.1, 0.15) is 36.5 Å². The molecule has 1 saturated heterocycles. The van der Waals surface area contributed by atoms with Crippen molar-refractivity contribution < 1.29 is 9.18 Å². The Hall–Kier alpha value is -1.13. The molecule has 1 unspecified atom stereocenters. The van der Waals surface area contributed by atoms with Gasteiger partial charge in [-0.1, -0.05) is 18.5 Å². The minimum Gasteiger partial charge on any atom is -0.334 e. The fourth-order valence-electron chi connectivity index (χ4n) is 2.61. The van der Waals surface area contributed by atoms with Gasteiger partial charge in [0, 0.05) is 24.2 Å². The molecular weight excluding hydrogens is 279 g/mol. The number of nitrogens with one attached hydrogen (secondary N) is 1. The van der Waals surface area contributed by atoms with Gasteiger partial charge in [0.05, 0.1) is 5.56 Å². The molecule has 0 radical (unpaired) electrons. The van der Waals surface area contributed by atoms with Crippen molar-refractivity contribution >= 4 is 17.5 Å². The summed E-state index contributed by atoms with van der Waals surface area (Å²) >= 11 is 5.74. The van der Waals surface area contributed by atoms with Crippen LogP contribution in [0.5, 0.6) is 0 Å². The van der Waals surface area contributed by atoms with Crippen LogP contribution >= 0.6 is 11.6 Å². The molecular formula is C15H20ClFN2O. The number of amides is 1. The van der Waals surface area contributed by atoms with Crippen LogP contribution in [0.2, 0.25) is 5.02 Å². The molecule has 1 aromatic rings. The Kier molecular flexibility index (Phi) is 5.38. The van der Waals surface area contributed by atoms with E-state index in [0.29, 0.717) is 11.6 Å². The van der Waals surface area contributed by atoms with E-state index in [2.05, 4.69) is 5.32 Å². The molecule has 20 heavy (non-hydrogen) atoms. The van der Waals surface area contributed by atoms with Gasteiger partial charge in [0.15, 0.2) is 0 Å². The summed E-state index contributed by atoms with van der Waals surface area (Å²) in [5.41, 5.74) is 0.105. The summed E-state index contributed by atoms with van der Waals surface area (Å²) in [6.45, 7) is 4.43. The summed E-state index contributed by atoms with van der Waals surface area (Å²) in [5, 5.41) is 3.60. The number of hydrogen-bond acceptors (Lipinski definition) is 2. The molecule has 1 amide bonds. The predicted molar refractivity (Wildman–Crippen MR) is 78.6 cm³/mol. The first-order valence-electron chi connectivity index (χ1n) is 7.10. The van der Waals surface area contributed by atoms with Crippen molar-refractivity contribution in [2.75, 3.05) is 19.6 Å². The molecule has 1 aromatic carbocycles.